The molecular formula is C17H21N3O3. The average Bonchev–Trinajstić information content (AvgIpc) is 2.72. The van der Waals surface area contributed by atoms with Crippen LogP contribution in [0.5, 0.6) is 0 Å². The van der Waals surface area contributed by atoms with Crippen LogP contribution in [0.2, 0.25) is 0 Å². The van der Waals surface area contributed by atoms with E-state index in [4.69, 9.17) is 0 Å². The Kier molecular flexibility index (Phi) is 3.83. The second-order valence-electron chi connectivity index (χ2n) is 6.46. The van der Waals surface area contributed by atoms with Crippen molar-refractivity contribution in [3.63, 3.8) is 0 Å². The van der Waals surface area contributed by atoms with Crippen molar-refractivity contribution in [1.29, 1.82) is 0 Å². The molecule has 6 nitrogen and oxygen atoms in total. The minimum atomic E-state index is -1.01. The van der Waals surface area contributed by atoms with E-state index < -0.39 is 11.6 Å². The van der Waals surface area contributed by atoms with Gasteiger partial charge in [-0.1, -0.05) is 24.3 Å². The Morgan fingerprint density at radius 1 is 1.35 bits per heavy atom. The first-order valence-electron chi connectivity index (χ1n) is 7.96. The summed E-state index contributed by atoms with van der Waals surface area (Å²) in [6.07, 6.45) is 2.29. The number of rotatable bonds is 3. The smallest absolute Gasteiger partial charge is 0.325 e. The van der Waals surface area contributed by atoms with Gasteiger partial charge in [0.15, 0.2) is 0 Å². The van der Waals surface area contributed by atoms with Crippen LogP contribution in [0.1, 0.15) is 37.8 Å². The summed E-state index contributed by atoms with van der Waals surface area (Å²) in [7, 11) is 0. The summed E-state index contributed by atoms with van der Waals surface area (Å²) in [5.41, 5.74) is 0.932. The van der Waals surface area contributed by atoms with E-state index in [0.29, 0.717) is 6.42 Å². The number of urea groups is 1. The fourth-order valence-corrected chi connectivity index (χ4v) is 3.47. The number of fused-ring (bicyclic) bond motifs is 2. The highest BCUT2D eigenvalue weighted by molar-refractivity contribution is 6.09. The molecule has 1 aliphatic heterocycles. The predicted octanol–water partition coefficient (Wildman–Crippen LogP) is 1.29. The molecule has 0 radical (unpaired) electrons. The zero-order valence-corrected chi connectivity index (χ0v) is 13.4. The number of carbonyl (C=O) groups is 3. The molecule has 1 aromatic carbocycles. The van der Waals surface area contributed by atoms with Crippen molar-refractivity contribution < 1.29 is 14.4 Å². The average molecular weight is 315 g/mol. The van der Waals surface area contributed by atoms with Gasteiger partial charge in [-0.25, -0.2) is 4.79 Å². The molecule has 1 saturated heterocycles. The third-order valence-corrected chi connectivity index (χ3v) is 4.40. The molecule has 1 aromatic rings. The van der Waals surface area contributed by atoms with Gasteiger partial charge in [-0.3, -0.25) is 14.5 Å². The SMILES string of the molecule is CC(C)NC(=O)CN1C(=O)NC2(CCCc3ccccc32)C1=O. The van der Waals surface area contributed by atoms with Gasteiger partial charge < -0.3 is 10.6 Å². The summed E-state index contributed by atoms with van der Waals surface area (Å²) in [6.45, 7) is 3.43. The number of hydrogen-bond donors (Lipinski definition) is 2. The van der Waals surface area contributed by atoms with Gasteiger partial charge in [-0.2, -0.15) is 0 Å². The predicted molar refractivity (Wildman–Crippen MR) is 84.6 cm³/mol. The quantitative estimate of drug-likeness (QED) is 0.825. The van der Waals surface area contributed by atoms with Crippen molar-refractivity contribution in [2.45, 2.75) is 44.7 Å². The lowest BCUT2D eigenvalue weighted by Crippen LogP contribution is -2.47. The van der Waals surface area contributed by atoms with Gasteiger partial charge in [0.2, 0.25) is 5.91 Å². The molecule has 0 aromatic heterocycles. The molecule has 1 unspecified atom stereocenters. The van der Waals surface area contributed by atoms with Gasteiger partial charge in [-0.05, 0) is 44.2 Å². The number of aryl methyl sites for hydroxylation is 1. The van der Waals surface area contributed by atoms with Crippen LogP contribution in [0.3, 0.4) is 0 Å². The lowest BCUT2D eigenvalue weighted by molar-refractivity contribution is -0.135. The molecule has 3 rings (SSSR count). The molecule has 1 fully saturated rings. The zero-order valence-electron chi connectivity index (χ0n) is 13.4. The third-order valence-electron chi connectivity index (χ3n) is 4.40. The molecule has 1 aliphatic carbocycles. The molecular weight excluding hydrogens is 294 g/mol. The van der Waals surface area contributed by atoms with Crippen LogP contribution in [-0.2, 0) is 21.5 Å². The van der Waals surface area contributed by atoms with Gasteiger partial charge in [0, 0.05) is 6.04 Å². The van der Waals surface area contributed by atoms with E-state index in [1.54, 1.807) is 0 Å². The second-order valence-corrected chi connectivity index (χ2v) is 6.46. The highest BCUT2D eigenvalue weighted by Crippen LogP contribution is 2.39. The second kappa shape index (κ2) is 5.68. The van der Waals surface area contributed by atoms with Crippen LogP contribution in [-0.4, -0.2) is 35.3 Å². The number of hydrogen-bond acceptors (Lipinski definition) is 3. The molecule has 0 bridgehead atoms. The molecule has 122 valence electrons. The fraction of sp³-hybridized carbons (Fsp3) is 0.471. The van der Waals surface area contributed by atoms with E-state index in [0.717, 1.165) is 28.9 Å². The van der Waals surface area contributed by atoms with Crippen molar-refractivity contribution in [3.8, 4) is 0 Å². The van der Waals surface area contributed by atoms with E-state index >= 15 is 0 Å². The topological polar surface area (TPSA) is 78.5 Å². The Morgan fingerprint density at radius 3 is 2.83 bits per heavy atom. The Labute approximate surface area is 135 Å². The van der Waals surface area contributed by atoms with Crippen LogP contribution >= 0.6 is 0 Å². The zero-order chi connectivity index (χ0) is 16.6. The number of carbonyl (C=O) groups excluding carboxylic acids is 3. The summed E-state index contributed by atoms with van der Waals surface area (Å²) in [6, 6.07) is 7.17. The van der Waals surface area contributed by atoms with Crippen molar-refractivity contribution in [2.75, 3.05) is 6.54 Å². The summed E-state index contributed by atoms with van der Waals surface area (Å²) < 4.78 is 0. The largest absolute Gasteiger partial charge is 0.352 e. The Hall–Kier alpha value is -2.37. The minimum absolute atomic E-state index is 0.0346. The van der Waals surface area contributed by atoms with Gasteiger partial charge in [-0.15, -0.1) is 0 Å². The van der Waals surface area contributed by atoms with E-state index in [-0.39, 0.29) is 24.4 Å². The van der Waals surface area contributed by atoms with Gasteiger partial charge in [0.05, 0.1) is 0 Å². The first-order valence-corrected chi connectivity index (χ1v) is 7.96. The number of benzene rings is 1. The highest BCUT2D eigenvalue weighted by atomic mass is 16.2. The van der Waals surface area contributed by atoms with Crippen LogP contribution in [0.4, 0.5) is 4.79 Å². The van der Waals surface area contributed by atoms with Crippen molar-refractivity contribution in [2.24, 2.45) is 0 Å². The summed E-state index contributed by atoms with van der Waals surface area (Å²) in [5.74, 6) is -0.654. The van der Waals surface area contributed by atoms with E-state index in [1.807, 2.05) is 38.1 Å². The Balaban J connectivity index is 1.89. The Bertz CT molecular complexity index is 671. The molecule has 4 amide bonds. The normalized spacial score (nSPS) is 23.2. The standard InChI is InChI=1S/C17H21N3O3/c1-11(2)18-14(21)10-20-15(22)17(19-16(20)23)9-5-7-12-6-3-4-8-13(12)17/h3-4,6,8,11H,5,7,9-10H2,1-2H3,(H,18,21)(H,19,23). The molecule has 2 N–H and O–H groups in total. The third kappa shape index (κ3) is 2.58. The van der Waals surface area contributed by atoms with Gasteiger partial charge >= 0.3 is 6.03 Å². The molecule has 2 aliphatic rings. The maximum Gasteiger partial charge on any atom is 0.325 e. The molecule has 0 saturated carbocycles. The number of amides is 4. The fourth-order valence-electron chi connectivity index (χ4n) is 3.47. The maximum absolute atomic E-state index is 12.9. The maximum atomic E-state index is 12.9. The molecule has 1 heterocycles. The first-order chi connectivity index (χ1) is 10.9. The lowest BCUT2D eigenvalue weighted by Gasteiger charge is -2.33. The van der Waals surface area contributed by atoms with E-state index in [1.165, 1.54) is 0 Å². The minimum Gasteiger partial charge on any atom is -0.352 e. The monoisotopic (exact) mass is 315 g/mol. The van der Waals surface area contributed by atoms with Crippen LogP contribution in [0, 0.1) is 0 Å². The lowest BCUT2D eigenvalue weighted by atomic mass is 9.76. The van der Waals surface area contributed by atoms with Crippen LogP contribution < -0.4 is 10.6 Å². The first kappa shape index (κ1) is 15.5. The summed E-state index contributed by atoms with van der Waals surface area (Å²) in [5, 5.41) is 5.55. The van der Waals surface area contributed by atoms with E-state index in [9.17, 15) is 14.4 Å². The number of imide groups is 1. The van der Waals surface area contributed by atoms with E-state index in [2.05, 4.69) is 10.6 Å². The van der Waals surface area contributed by atoms with Gasteiger partial charge in [0.1, 0.15) is 12.1 Å². The van der Waals surface area contributed by atoms with Crippen LogP contribution in [0.15, 0.2) is 24.3 Å². The summed E-state index contributed by atoms with van der Waals surface area (Å²) in [4.78, 5) is 38.2. The van der Waals surface area contributed by atoms with Crippen LogP contribution in [0.25, 0.3) is 0 Å². The molecule has 1 spiro atoms. The molecule has 6 heteroatoms. The summed E-state index contributed by atoms with van der Waals surface area (Å²) >= 11 is 0. The van der Waals surface area contributed by atoms with Crippen molar-refractivity contribution >= 4 is 17.8 Å². The van der Waals surface area contributed by atoms with Gasteiger partial charge in [0.25, 0.3) is 5.91 Å². The van der Waals surface area contributed by atoms with Crippen molar-refractivity contribution in [1.82, 2.24) is 15.5 Å². The Morgan fingerprint density at radius 2 is 2.09 bits per heavy atom. The molecule has 1 atom stereocenters. The highest BCUT2D eigenvalue weighted by Gasteiger charge is 2.54. The van der Waals surface area contributed by atoms with Crippen molar-refractivity contribution in [3.05, 3.63) is 35.4 Å². The number of nitrogens with zero attached hydrogens (tertiary/aromatic N) is 1. The number of nitrogens with one attached hydrogen (secondary N) is 2. The molecule has 23 heavy (non-hydrogen) atoms.